The molecule has 144 valence electrons. The molecule has 1 N–H and O–H groups in total. The molecule has 0 saturated heterocycles. The molecule has 0 spiro atoms. The maximum absolute atomic E-state index is 12.6. The number of nitrogens with zero attached hydrogens (tertiary/aromatic N) is 1. The van der Waals surface area contributed by atoms with E-state index in [1.165, 1.54) is 0 Å². The molecule has 3 rings (SSSR count). The lowest BCUT2D eigenvalue weighted by Crippen LogP contribution is -2.31. The fourth-order valence-corrected chi connectivity index (χ4v) is 3.38. The minimum atomic E-state index is -0.557. The third kappa shape index (κ3) is 4.31. The minimum absolute atomic E-state index is 0.254. The van der Waals surface area contributed by atoms with E-state index in [0.717, 1.165) is 22.0 Å². The van der Waals surface area contributed by atoms with Gasteiger partial charge in [0.2, 0.25) is 0 Å². The summed E-state index contributed by atoms with van der Waals surface area (Å²) in [7, 11) is 0. The maximum atomic E-state index is 12.6. The molecule has 1 aromatic heterocycles. The lowest BCUT2D eigenvalue weighted by atomic mass is 10.0. The minimum Gasteiger partial charge on any atom is -0.452 e. The van der Waals surface area contributed by atoms with E-state index in [0.29, 0.717) is 16.3 Å². The van der Waals surface area contributed by atoms with E-state index in [1.54, 1.807) is 19.1 Å². The Labute approximate surface area is 168 Å². The standard InChI is InChI=1S/C22H21ClN2O3/c1-13-18-9-4-5-10-19(18)24-15(3)21(13)22(27)28-12-20(26)25-14(2)16-7-6-8-17(23)11-16/h4-11,14H,12H2,1-3H3,(H,25,26)/t14-/m0/s1. The Morgan fingerprint density at radius 1 is 1.14 bits per heavy atom. The second kappa shape index (κ2) is 8.40. The van der Waals surface area contributed by atoms with E-state index in [-0.39, 0.29) is 18.6 Å². The number of amides is 1. The number of pyridine rings is 1. The van der Waals surface area contributed by atoms with Crippen LogP contribution in [0, 0.1) is 13.8 Å². The molecule has 0 aliphatic rings. The van der Waals surface area contributed by atoms with Crippen molar-refractivity contribution in [2.75, 3.05) is 6.61 Å². The average Bonchev–Trinajstić information content (AvgIpc) is 2.66. The second-order valence-corrected chi connectivity index (χ2v) is 7.07. The summed E-state index contributed by atoms with van der Waals surface area (Å²) in [6.07, 6.45) is 0. The second-order valence-electron chi connectivity index (χ2n) is 6.63. The van der Waals surface area contributed by atoms with Gasteiger partial charge in [-0.25, -0.2) is 4.79 Å². The first kappa shape index (κ1) is 19.8. The lowest BCUT2D eigenvalue weighted by molar-refractivity contribution is -0.124. The fraction of sp³-hybridized carbons (Fsp3) is 0.227. The van der Waals surface area contributed by atoms with Crippen LogP contribution in [-0.2, 0) is 9.53 Å². The van der Waals surface area contributed by atoms with Crippen LogP contribution in [0.1, 0.15) is 40.1 Å². The van der Waals surface area contributed by atoms with Crippen molar-refractivity contribution in [3.63, 3.8) is 0 Å². The van der Waals surface area contributed by atoms with Crippen LogP contribution in [0.3, 0.4) is 0 Å². The molecule has 1 amide bonds. The number of carbonyl (C=O) groups excluding carboxylic acids is 2. The quantitative estimate of drug-likeness (QED) is 0.643. The van der Waals surface area contributed by atoms with Crippen LogP contribution in [0.2, 0.25) is 5.02 Å². The summed E-state index contributed by atoms with van der Waals surface area (Å²) in [5.41, 5.74) is 3.46. The van der Waals surface area contributed by atoms with Gasteiger partial charge in [-0.1, -0.05) is 41.9 Å². The Morgan fingerprint density at radius 2 is 1.89 bits per heavy atom. The number of carbonyl (C=O) groups is 2. The zero-order valence-corrected chi connectivity index (χ0v) is 16.7. The summed E-state index contributed by atoms with van der Waals surface area (Å²) in [6.45, 7) is 5.09. The van der Waals surface area contributed by atoms with E-state index in [9.17, 15) is 9.59 Å². The van der Waals surface area contributed by atoms with Crippen LogP contribution in [0.15, 0.2) is 48.5 Å². The molecule has 0 aliphatic carbocycles. The van der Waals surface area contributed by atoms with Gasteiger partial charge < -0.3 is 10.1 Å². The van der Waals surface area contributed by atoms with E-state index >= 15 is 0 Å². The molecule has 1 heterocycles. The van der Waals surface area contributed by atoms with E-state index in [2.05, 4.69) is 10.3 Å². The van der Waals surface area contributed by atoms with Crippen molar-refractivity contribution in [1.29, 1.82) is 0 Å². The van der Waals surface area contributed by atoms with E-state index in [4.69, 9.17) is 16.3 Å². The Hall–Kier alpha value is -2.92. The summed E-state index contributed by atoms with van der Waals surface area (Å²) >= 11 is 5.98. The number of hydrogen-bond acceptors (Lipinski definition) is 4. The number of nitrogens with one attached hydrogen (secondary N) is 1. The number of para-hydroxylation sites is 1. The number of ether oxygens (including phenoxy) is 1. The Morgan fingerprint density at radius 3 is 2.64 bits per heavy atom. The summed E-state index contributed by atoms with van der Waals surface area (Å²) in [4.78, 5) is 29.2. The van der Waals surface area contributed by atoms with E-state index in [1.807, 2.05) is 50.2 Å². The van der Waals surface area contributed by atoms with E-state index < -0.39 is 5.97 Å². The monoisotopic (exact) mass is 396 g/mol. The van der Waals surface area contributed by atoms with Crippen LogP contribution in [0.25, 0.3) is 10.9 Å². The molecular formula is C22H21ClN2O3. The summed E-state index contributed by atoms with van der Waals surface area (Å²) in [5.74, 6) is -0.941. The van der Waals surface area contributed by atoms with Crippen molar-refractivity contribution >= 4 is 34.4 Å². The zero-order valence-electron chi connectivity index (χ0n) is 16.0. The highest BCUT2D eigenvalue weighted by molar-refractivity contribution is 6.30. The van der Waals surface area contributed by atoms with Gasteiger partial charge in [-0.2, -0.15) is 0 Å². The summed E-state index contributed by atoms with van der Waals surface area (Å²) in [5, 5.41) is 4.28. The number of benzene rings is 2. The van der Waals surface area contributed by atoms with Crippen LogP contribution >= 0.6 is 11.6 Å². The predicted octanol–water partition coefficient (Wildman–Crippen LogP) is 4.54. The van der Waals surface area contributed by atoms with Gasteiger partial charge >= 0.3 is 5.97 Å². The van der Waals surface area contributed by atoms with Gasteiger partial charge in [0, 0.05) is 10.4 Å². The van der Waals surface area contributed by atoms with Crippen molar-refractivity contribution in [2.45, 2.75) is 26.8 Å². The highest BCUT2D eigenvalue weighted by Crippen LogP contribution is 2.23. The number of aryl methyl sites for hydroxylation is 2. The van der Waals surface area contributed by atoms with Crippen LogP contribution in [0.5, 0.6) is 0 Å². The first-order valence-electron chi connectivity index (χ1n) is 8.94. The topological polar surface area (TPSA) is 68.3 Å². The summed E-state index contributed by atoms with van der Waals surface area (Å²) in [6, 6.07) is 14.6. The number of esters is 1. The third-order valence-electron chi connectivity index (χ3n) is 4.60. The Kier molecular flexibility index (Phi) is 5.95. The molecule has 0 aliphatic heterocycles. The number of hydrogen-bond donors (Lipinski definition) is 1. The van der Waals surface area contributed by atoms with Crippen molar-refractivity contribution in [2.24, 2.45) is 0 Å². The van der Waals surface area contributed by atoms with Crippen LogP contribution < -0.4 is 5.32 Å². The van der Waals surface area contributed by atoms with Crippen molar-refractivity contribution in [3.8, 4) is 0 Å². The molecule has 0 saturated carbocycles. The normalized spacial score (nSPS) is 11.9. The maximum Gasteiger partial charge on any atom is 0.340 e. The largest absolute Gasteiger partial charge is 0.452 e. The van der Waals surface area contributed by atoms with Crippen LogP contribution in [-0.4, -0.2) is 23.5 Å². The Bertz CT molecular complexity index is 1050. The molecule has 5 nitrogen and oxygen atoms in total. The molecule has 0 radical (unpaired) electrons. The molecular weight excluding hydrogens is 376 g/mol. The number of rotatable bonds is 5. The van der Waals surface area contributed by atoms with Gasteiger partial charge in [0.15, 0.2) is 6.61 Å². The molecule has 2 aromatic carbocycles. The van der Waals surface area contributed by atoms with Crippen LogP contribution in [0.4, 0.5) is 0 Å². The van der Waals surface area contributed by atoms with Crippen molar-refractivity contribution < 1.29 is 14.3 Å². The number of halogens is 1. The highest BCUT2D eigenvalue weighted by atomic mass is 35.5. The number of aromatic nitrogens is 1. The fourth-order valence-electron chi connectivity index (χ4n) is 3.18. The average molecular weight is 397 g/mol. The van der Waals surface area contributed by atoms with Gasteiger partial charge in [0.1, 0.15) is 0 Å². The molecule has 0 bridgehead atoms. The smallest absolute Gasteiger partial charge is 0.340 e. The van der Waals surface area contributed by atoms with Gasteiger partial charge in [-0.3, -0.25) is 9.78 Å². The SMILES string of the molecule is Cc1nc2ccccc2c(C)c1C(=O)OCC(=O)N[C@@H](C)c1cccc(Cl)c1. The molecule has 3 aromatic rings. The van der Waals surface area contributed by atoms with Gasteiger partial charge in [-0.05, 0) is 50.1 Å². The van der Waals surface area contributed by atoms with Gasteiger partial charge in [0.05, 0.1) is 22.8 Å². The van der Waals surface area contributed by atoms with Gasteiger partial charge in [-0.15, -0.1) is 0 Å². The first-order chi connectivity index (χ1) is 13.4. The zero-order chi connectivity index (χ0) is 20.3. The molecule has 28 heavy (non-hydrogen) atoms. The highest BCUT2D eigenvalue weighted by Gasteiger charge is 2.19. The molecule has 1 atom stereocenters. The third-order valence-corrected chi connectivity index (χ3v) is 4.83. The summed E-state index contributed by atoms with van der Waals surface area (Å²) < 4.78 is 5.24. The number of fused-ring (bicyclic) bond motifs is 1. The van der Waals surface area contributed by atoms with Crippen molar-refractivity contribution in [3.05, 3.63) is 75.9 Å². The predicted molar refractivity (Wildman–Crippen MR) is 110 cm³/mol. The van der Waals surface area contributed by atoms with Gasteiger partial charge in [0.25, 0.3) is 5.91 Å². The lowest BCUT2D eigenvalue weighted by Gasteiger charge is -2.15. The molecule has 6 heteroatoms. The first-order valence-corrected chi connectivity index (χ1v) is 9.32. The Balaban J connectivity index is 1.67. The molecule has 0 fully saturated rings. The molecule has 0 unspecified atom stereocenters. The van der Waals surface area contributed by atoms with Crippen molar-refractivity contribution in [1.82, 2.24) is 10.3 Å².